The third-order valence-corrected chi connectivity index (χ3v) is 3.57. The van der Waals surface area contributed by atoms with Crippen LogP contribution in [0.2, 0.25) is 0 Å². The second-order valence-electron chi connectivity index (χ2n) is 5.40. The Labute approximate surface area is 141 Å². The van der Waals surface area contributed by atoms with Gasteiger partial charge in [-0.05, 0) is 54.7 Å². The lowest BCUT2D eigenvalue weighted by atomic mass is 10.1. The van der Waals surface area contributed by atoms with Gasteiger partial charge in [-0.15, -0.1) is 0 Å². The van der Waals surface area contributed by atoms with Crippen molar-refractivity contribution in [1.29, 1.82) is 0 Å². The number of benzene rings is 2. The fourth-order valence-corrected chi connectivity index (χ4v) is 2.32. The first-order chi connectivity index (χ1) is 11.7. The van der Waals surface area contributed by atoms with E-state index in [1.54, 1.807) is 12.1 Å². The van der Waals surface area contributed by atoms with Gasteiger partial charge in [0.1, 0.15) is 11.5 Å². The van der Waals surface area contributed by atoms with Crippen molar-refractivity contribution in [2.24, 2.45) is 0 Å². The molecule has 0 aromatic heterocycles. The fraction of sp³-hybridized carbons (Fsp3) is 0.316. The van der Waals surface area contributed by atoms with E-state index in [1.165, 1.54) is 0 Å². The monoisotopic (exact) mass is 330 g/mol. The van der Waals surface area contributed by atoms with E-state index in [2.05, 4.69) is 4.74 Å². The van der Waals surface area contributed by atoms with E-state index >= 15 is 0 Å². The first kappa shape index (κ1) is 17.8. The van der Waals surface area contributed by atoms with E-state index in [-0.39, 0.29) is 6.61 Å². The van der Waals surface area contributed by atoms with Gasteiger partial charge in [-0.1, -0.05) is 30.7 Å². The van der Waals surface area contributed by atoms with Gasteiger partial charge in [0.15, 0.2) is 0 Å². The molecule has 0 amide bonds. The molecule has 0 radical (unpaired) electrons. The first-order valence-electron chi connectivity index (χ1n) is 8.04. The molecule has 5 nitrogen and oxygen atoms in total. The molecule has 0 spiro atoms. The Morgan fingerprint density at radius 2 is 1.33 bits per heavy atom. The number of rotatable bonds is 9. The molecule has 0 saturated heterocycles. The largest absolute Gasteiger partial charge is 0.511 e. The molecule has 0 atom stereocenters. The van der Waals surface area contributed by atoms with Crippen LogP contribution in [0.25, 0.3) is 11.1 Å². The summed E-state index contributed by atoms with van der Waals surface area (Å²) in [5.74, 6) is 1.12. The van der Waals surface area contributed by atoms with E-state index in [9.17, 15) is 4.79 Å². The smallest absolute Gasteiger partial charge is 0.494 e. The van der Waals surface area contributed by atoms with Gasteiger partial charge < -0.3 is 19.7 Å². The lowest BCUT2D eigenvalue weighted by Crippen LogP contribution is -2.02. The third kappa shape index (κ3) is 5.93. The predicted molar refractivity (Wildman–Crippen MR) is 91.6 cm³/mol. The Balaban J connectivity index is 1.84. The minimum atomic E-state index is -1.32. The Hall–Kier alpha value is -2.53. The van der Waals surface area contributed by atoms with E-state index in [0.29, 0.717) is 12.4 Å². The molecule has 24 heavy (non-hydrogen) atoms. The number of hydrogen-bond donors (Lipinski definition) is 2. The van der Waals surface area contributed by atoms with E-state index in [0.717, 1.165) is 42.6 Å². The number of ether oxygens (including phenoxy) is 2. The minimum absolute atomic E-state index is 0.256. The summed E-state index contributed by atoms with van der Waals surface area (Å²) < 4.78 is 10.3. The number of carbonyl (C=O) groups is 1. The second kappa shape index (κ2) is 9.57. The number of aliphatic hydroxyl groups excluding tert-OH is 1. The average Bonchev–Trinajstić information content (AvgIpc) is 2.59. The van der Waals surface area contributed by atoms with Crippen molar-refractivity contribution in [3.63, 3.8) is 0 Å². The zero-order valence-electron chi connectivity index (χ0n) is 13.5. The summed E-state index contributed by atoms with van der Waals surface area (Å²) in [5, 5.41) is 17.3. The molecule has 0 fully saturated rings. The van der Waals surface area contributed by atoms with Gasteiger partial charge in [-0.2, -0.15) is 0 Å². The highest BCUT2D eigenvalue weighted by molar-refractivity contribution is 5.66. The third-order valence-electron chi connectivity index (χ3n) is 3.57. The molecule has 0 unspecified atom stereocenters. The van der Waals surface area contributed by atoms with Crippen LogP contribution >= 0.6 is 0 Å². The highest BCUT2D eigenvalue weighted by Gasteiger charge is 2.03. The summed E-state index contributed by atoms with van der Waals surface area (Å²) in [4.78, 5) is 10.5. The summed E-state index contributed by atoms with van der Waals surface area (Å²) >= 11 is 0. The van der Waals surface area contributed by atoms with Crippen LogP contribution < -0.4 is 9.47 Å². The van der Waals surface area contributed by atoms with Crippen molar-refractivity contribution in [2.75, 3.05) is 13.2 Å². The molecule has 2 aromatic rings. The predicted octanol–water partition coefficient (Wildman–Crippen LogP) is 4.34. The fourth-order valence-electron chi connectivity index (χ4n) is 2.32. The molecule has 0 aliphatic heterocycles. The van der Waals surface area contributed by atoms with Crippen LogP contribution in [0.4, 0.5) is 4.79 Å². The number of hydrogen-bond acceptors (Lipinski definition) is 4. The van der Waals surface area contributed by atoms with Crippen LogP contribution in [0, 0.1) is 0 Å². The SMILES string of the molecule is O=C(O)Oc1ccc(-c2ccc(OCCCCCCO)cc2)cc1. The van der Waals surface area contributed by atoms with Crippen molar-refractivity contribution in [1.82, 2.24) is 0 Å². The van der Waals surface area contributed by atoms with E-state index < -0.39 is 6.16 Å². The lowest BCUT2D eigenvalue weighted by molar-refractivity contribution is 0.144. The molecule has 128 valence electrons. The molecule has 0 bridgehead atoms. The van der Waals surface area contributed by atoms with Crippen molar-refractivity contribution < 1.29 is 24.5 Å². The van der Waals surface area contributed by atoms with Crippen LogP contribution in [-0.4, -0.2) is 29.6 Å². The number of aliphatic hydroxyl groups is 1. The van der Waals surface area contributed by atoms with E-state index in [1.807, 2.05) is 36.4 Å². The quantitative estimate of drug-likeness (QED) is 0.406. The normalized spacial score (nSPS) is 10.4. The summed E-state index contributed by atoms with van der Waals surface area (Å²) in [6, 6.07) is 14.7. The molecule has 2 aromatic carbocycles. The molecule has 2 rings (SSSR count). The van der Waals surface area contributed by atoms with Crippen LogP contribution in [0.15, 0.2) is 48.5 Å². The maximum absolute atomic E-state index is 10.5. The molecular formula is C19H22O5. The average molecular weight is 330 g/mol. The highest BCUT2D eigenvalue weighted by Crippen LogP contribution is 2.24. The Morgan fingerprint density at radius 3 is 1.88 bits per heavy atom. The van der Waals surface area contributed by atoms with Gasteiger partial charge in [0.2, 0.25) is 0 Å². The van der Waals surface area contributed by atoms with Crippen molar-refractivity contribution in [3.8, 4) is 22.6 Å². The Morgan fingerprint density at radius 1 is 0.792 bits per heavy atom. The summed E-state index contributed by atoms with van der Waals surface area (Å²) in [6.45, 7) is 0.928. The molecule has 0 aliphatic carbocycles. The summed E-state index contributed by atoms with van der Waals surface area (Å²) in [5.41, 5.74) is 2.00. The zero-order valence-corrected chi connectivity index (χ0v) is 13.5. The maximum Gasteiger partial charge on any atom is 0.511 e. The molecule has 5 heteroatoms. The lowest BCUT2D eigenvalue weighted by Gasteiger charge is -2.08. The van der Waals surface area contributed by atoms with Crippen LogP contribution in [-0.2, 0) is 0 Å². The van der Waals surface area contributed by atoms with Gasteiger partial charge >= 0.3 is 6.16 Å². The van der Waals surface area contributed by atoms with Crippen LogP contribution in [0.3, 0.4) is 0 Å². The van der Waals surface area contributed by atoms with Gasteiger partial charge in [-0.3, -0.25) is 0 Å². The van der Waals surface area contributed by atoms with Crippen LogP contribution in [0.1, 0.15) is 25.7 Å². The van der Waals surface area contributed by atoms with Gasteiger partial charge in [0.05, 0.1) is 6.61 Å². The Bertz CT molecular complexity index is 619. The number of carboxylic acid groups (broad SMARTS) is 1. The standard InChI is InChI=1S/C19H22O5/c20-13-3-1-2-4-14-23-17-9-5-15(6-10-17)16-7-11-18(12-8-16)24-19(21)22/h5-12,20H,1-4,13-14H2,(H,21,22). The van der Waals surface area contributed by atoms with Gasteiger partial charge in [0.25, 0.3) is 0 Å². The molecule has 2 N–H and O–H groups in total. The molecular weight excluding hydrogens is 308 g/mol. The topological polar surface area (TPSA) is 76.0 Å². The summed E-state index contributed by atoms with van der Waals surface area (Å²) in [7, 11) is 0. The molecule has 0 heterocycles. The van der Waals surface area contributed by atoms with Crippen molar-refractivity contribution in [3.05, 3.63) is 48.5 Å². The highest BCUT2D eigenvalue weighted by atomic mass is 16.7. The van der Waals surface area contributed by atoms with Crippen molar-refractivity contribution >= 4 is 6.16 Å². The van der Waals surface area contributed by atoms with Gasteiger partial charge in [0, 0.05) is 6.61 Å². The van der Waals surface area contributed by atoms with E-state index in [4.69, 9.17) is 14.9 Å². The molecule has 0 aliphatic rings. The van der Waals surface area contributed by atoms with Crippen molar-refractivity contribution in [2.45, 2.75) is 25.7 Å². The van der Waals surface area contributed by atoms with Crippen LogP contribution in [0.5, 0.6) is 11.5 Å². The first-order valence-corrected chi connectivity index (χ1v) is 8.04. The molecule has 0 saturated carbocycles. The zero-order chi connectivity index (χ0) is 17.2. The van der Waals surface area contributed by atoms with Gasteiger partial charge in [-0.25, -0.2) is 4.79 Å². The Kier molecular flexibility index (Phi) is 7.11. The number of unbranched alkanes of at least 4 members (excludes halogenated alkanes) is 3. The maximum atomic E-state index is 10.5. The summed E-state index contributed by atoms with van der Waals surface area (Å²) in [6.07, 6.45) is 2.60. The second-order valence-corrected chi connectivity index (χ2v) is 5.40. The minimum Gasteiger partial charge on any atom is -0.494 e.